The third-order valence-corrected chi connectivity index (χ3v) is 7.00. The Hall–Kier alpha value is -2.93. The van der Waals surface area contributed by atoms with Crippen LogP contribution in [0, 0.1) is 25.7 Å². The fourth-order valence-corrected chi connectivity index (χ4v) is 5.46. The van der Waals surface area contributed by atoms with Crippen LogP contribution < -0.4 is 10.9 Å². The summed E-state index contributed by atoms with van der Waals surface area (Å²) >= 11 is 0. The van der Waals surface area contributed by atoms with Crippen molar-refractivity contribution in [1.29, 1.82) is 0 Å². The number of piperidine rings is 1. The first-order valence-corrected chi connectivity index (χ1v) is 12.4. The van der Waals surface area contributed by atoms with Crippen LogP contribution in [0.1, 0.15) is 43.6 Å². The number of carbonyl (C=O) groups is 1. The molecule has 0 spiro atoms. The standard InChI is InChI=1S/C27H37N5O2/c1-19-13-20(2)16-30(15-19)12-8-11-28-25(33)18-32-27(34)26-22(4)31(21(3)24(26)14-29-32)17-23-9-6-5-7-10-23/h5-7,9-10,14,19-20H,8,11-13,15-18H2,1-4H3,(H,28,33)/t19-,20+. The maximum atomic E-state index is 13.2. The molecule has 4 rings (SSSR count). The lowest BCUT2D eigenvalue weighted by Crippen LogP contribution is -2.40. The second-order valence-electron chi connectivity index (χ2n) is 10.0. The minimum Gasteiger partial charge on any atom is -0.354 e. The first-order chi connectivity index (χ1) is 16.3. The van der Waals surface area contributed by atoms with Crippen LogP contribution >= 0.6 is 0 Å². The molecule has 0 saturated carbocycles. The highest BCUT2D eigenvalue weighted by molar-refractivity contribution is 5.87. The second-order valence-corrected chi connectivity index (χ2v) is 10.0. The van der Waals surface area contributed by atoms with Crippen LogP contribution in [0.4, 0.5) is 0 Å². The van der Waals surface area contributed by atoms with Crippen LogP contribution in [0.3, 0.4) is 0 Å². The van der Waals surface area contributed by atoms with E-state index in [1.807, 2.05) is 32.0 Å². The minimum absolute atomic E-state index is 0.0606. The van der Waals surface area contributed by atoms with Crippen molar-refractivity contribution in [3.05, 3.63) is 63.8 Å². The molecule has 3 aromatic rings. The topological polar surface area (TPSA) is 72.2 Å². The third kappa shape index (κ3) is 5.41. The molecule has 1 aliphatic rings. The summed E-state index contributed by atoms with van der Waals surface area (Å²) in [7, 11) is 0. The fourth-order valence-electron chi connectivity index (χ4n) is 5.46. The van der Waals surface area contributed by atoms with Crippen LogP contribution in [-0.4, -0.2) is 51.3 Å². The Morgan fingerprint density at radius 1 is 1.09 bits per heavy atom. The van der Waals surface area contributed by atoms with Gasteiger partial charge in [0.1, 0.15) is 6.54 Å². The molecule has 34 heavy (non-hydrogen) atoms. The zero-order chi connectivity index (χ0) is 24.2. The molecule has 2 atom stereocenters. The summed E-state index contributed by atoms with van der Waals surface area (Å²) in [5, 5.41) is 8.76. The van der Waals surface area contributed by atoms with Crippen molar-refractivity contribution < 1.29 is 4.79 Å². The Balaban J connectivity index is 1.38. The van der Waals surface area contributed by atoms with Gasteiger partial charge in [0, 0.05) is 43.0 Å². The molecule has 7 nitrogen and oxygen atoms in total. The second kappa shape index (κ2) is 10.6. The molecule has 0 aliphatic carbocycles. The Morgan fingerprint density at radius 3 is 2.50 bits per heavy atom. The van der Waals surface area contributed by atoms with Crippen LogP contribution in [0.25, 0.3) is 10.8 Å². The summed E-state index contributed by atoms with van der Waals surface area (Å²) in [6.45, 7) is 13.1. The van der Waals surface area contributed by atoms with Crippen molar-refractivity contribution in [3.8, 4) is 0 Å². The van der Waals surface area contributed by atoms with Gasteiger partial charge in [-0.15, -0.1) is 0 Å². The minimum atomic E-state index is -0.212. The average Bonchev–Trinajstić information content (AvgIpc) is 3.04. The van der Waals surface area contributed by atoms with Gasteiger partial charge in [0.05, 0.1) is 11.6 Å². The zero-order valence-electron chi connectivity index (χ0n) is 20.9. The summed E-state index contributed by atoms with van der Waals surface area (Å²) < 4.78 is 3.43. The van der Waals surface area contributed by atoms with E-state index >= 15 is 0 Å². The molecule has 1 amide bonds. The van der Waals surface area contributed by atoms with Crippen LogP contribution in [0.15, 0.2) is 41.3 Å². The number of fused-ring (bicyclic) bond motifs is 1. The molecule has 1 N–H and O–H groups in total. The lowest BCUT2D eigenvalue weighted by Gasteiger charge is -2.34. The fraction of sp³-hybridized carbons (Fsp3) is 0.519. The van der Waals surface area contributed by atoms with Crippen molar-refractivity contribution in [2.75, 3.05) is 26.2 Å². The van der Waals surface area contributed by atoms with E-state index in [1.165, 1.54) is 16.7 Å². The SMILES string of the molecule is Cc1c2cnn(CC(=O)NCCCN3C[C@H](C)C[C@H](C)C3)c(=O)c2c(C)n1Cc1ccccc1. The largest absolute Gasteiger partial charge is 0.354 e. The van der Waals surface area contributed by atoms with Crippen LogP contribution in [-0.2, 0) is 17.9 Å². The van der Waals surface area contributed by atoms with Gasteiger partial charge in [-0.1, -0.05) is 44.2 Å². The van der Waals surface area contributed by atoms with Crippen molar-refractivity contribution in [3.63, 3.8) is 0 Å². The summed E-state index contributed by atoms with van der Waals surface area (Å²) in [5.41, 5.74) is 2.88. The van der Waals surface area contributed by atoms with Gasteiger partial charge in [0.15, 0.2) is 0 Å². The molecule has 1 aliphatic heterocycles. The van der Waals surface area contributed by atoms with E-state index in [1.54, 1.807) is 6.20 Å². The number of carbonyl (C=O) groups excluding carboxylic acids is 1. The molecule has 7 heteroatoms. The van der Waals surface area contributed by atoms with Crippen molar-refractivity contribution in [2.24, 2.45) is 11.8 Å². The summed E-state index contributed by atoms with van der Waals surface area (Å²) in [6.07, 6.45) is 3.92. The van der Waals surface area contributed by atoms with E-state index in [-0.39, 0.29) is 18.0 Å². The van der Waals surface area contributed by atoms with Gasteiger partial charge >= 0.3 is 0 Å². The summed E-state index contributed by atoms with van der Waals surface area (Å²) in [6, 6.07) is 10.2. The molecule has 0 radical (unpaired) electrons. The van der Waals surface area contributed by atoms with E-state index < -0.39 is 0 Å². The molecule has 1 aromatic carbocycles. The van der Waals surface area contributed by atoms with Crippen molar-refractivity contribution in [2.45, 2.75) is 53.6 Å². The van der Waals surface area contributed by atoms with E-state index in [9.17, 15) is 9.59 Å². The average molecular weight is 464 g/mol. The number of rotatable bonds is 8. The predicted octanol–water partition coefficient (Wildman–Crippen LogP) is 3.35. The molecular formula is C27H37N5O2. The van der Waals surface area contributed by atoms with Gasteiger partial charge in [-0.3, -0.25) is 9.59 Å². The number of benzene rings is 1. The normalized spacial score (nSPS) is 18.9. The van der Waals surface area contributed by atoms with Crippen LogP contribution in [0.2, 0.25) is 0 Å². The molecule has 2 aromatic heterocycles. The number of hydrogen-bond donors (Lipinski definition) is 1. The molecule has 3 heterocycles. The maximum absolute atomic E-state index is 13.2. The van der Waals surface area contributed by atoms with E-state index in [0.29, 0.717) is 18.5 Å². The lowest BCUT2D eigenvalue weighted by atomic mass is 9.92. The number of aromatic nitrogens is 3. The van der Waals surface area contributed by atoms with Gasteiger partial charge in [0.25, 0.3) is 5.56 Å². The zero-order valence-corrected chi connectivity index (χ0v) is 20.9. The van der Waals surface area contributed by atoms with E-state index in [2.05, 4.69) is 45.9 Å². The number of nitrogens with one attached hydrogen (secondary N) is 1. The lowest BCUT2D eigenvalue weighted by molar-refractivity contribution is -0.121. The van der Waals surface area contributed by atoms with E-state index in [4.69, 9.17) is 0 Å². The Bertz CT molecular complexity index is 1190. The van der Waals surface area contributed by atoms with Crippen molar-refractivity contribution in [1.82, 2.24) is 24.6 Å². The third-order valence-electron chi connectivity index (χ3n) is 7.00. The Kier molecular flexibility index (Phi) is 7.51. The molecule has 1 saturated heterocycles. The maximum Gasteiger partial charge on any atom is 0.276 e. The Labute approximate surface area is 201 Å². The van der Waals surface area contributed by atoms with Gasteiger partial charge < -0.3 is 14.8 Å². The summed E-state index contributed by atoms with van der Waals surface area (Å²) in [5.74, 6) is 1.30. The first kappa shape index (κ1) is 24.2. The number of amides is 1. The number of hydrogen-bond acceptors (Lipinski definition) is 4. The highest BCUT2D eigenvalue weighted by Gasteiger charge is 2.21. The molecule has 1 fully saturated rings. The highest BCUT2D eigenvalue weighted by atomic mass is 16.2. The van der Waals surface area contributed by atoms with Gasteiger partial charge in [-0.05, 0) is 50.6 Å². The van der Waals surface area contributed by atoms with E-state index in [0.717, 1.165) is 54.7 Å². The van der Waals surface area contributed by atoms with Gasteiger partial charge in [-0.2, -0.15) is 5.10 Å². The monoisotopic (exact) mass is 463 g/mol. The van der Waals surface area contributed by atoms with Crippen molar-refractivity contribution >= 4 is 16.7 Å². The van der Waals surface area contributed by atoms with Gasteiger partial charge in [0.2, 0.25) is 5.91 Å². The molecular weight excluding hydrogens is 426 g/mol. The summed E-state index contributed by atoms with van der Waals surface area (Å²) in [4.78, 5) is 28.2. The molecule has 182 valence electrons. The smallest absolute Gasteiger partial charge is 0.276 e. The quantitative estimate of drug-likeness (QED) is 0.520. The predicted molar refractivity (Wildman–Crippen MR) is 136 cm³/mol. The van der Waals surface area contributed by atoms with Crippen LogP contribution in [0.5, 0.6) is 0 Å². The molecule has 0 bridgehead atoms. The number of aryl methyl sites for hydroxylation is 2. The number of nitrogens with zero attached hydrogens (tertiary/aromatic N) is 4. The molecule has 0 unspecified atom stereocenters. The first-order valence-electron chi connectivity index (χ1n) is 12.4. The number of likely N-dealkylation sites (tertiary alicyclic amines) is 1. The Morgan fingerprint density at radius 2 is 1.79 bits per heavy atom. The highest BCUT2D eigenvalue weighted by Crippen LogP contribution is 2.23. The van der Waals surface area contributed by atoms with Gasteiger partial charge in [-0.25, -0.2) is 4.68 Å².